The summed E-state index contributed by atoms with van der Waals surface area (Å²) in [4.78, 5) is 28.5. The van der Waals surface area contributed by atoms with Crippen LogP contribution in [0.3, 0.4) is 0 Å². The first kappa shape index (κ1) is 16.4. The fraction of sp³-hybridized carbons (Fsp3) is 0.105. The first-order valence-corrected chi connectivity index (χ1v) is 7.76. The van der Waals surface area contributed by atoms with E-state index in [0.29, 0.717) is 17.0 Å². The van der Waals surface area contributed by atoms with Crippen molar-refractivity contribution in [3.8, 4) is 0 Å². The van der Waals surface area contributed by atoms with Gasteiger partial charge in [0.05, 0.1) is 12.8 Å². The van der Waals surface area contributed by atoms with Gasteiger partial charge in [-0.05, 0) is 43.3 Å². The molecule has 0 fully saturated rings. The smallest absolute Gasteiger partial charge is 0.274 e. The van der Waals surface area contributed by atoms with Crippen molar-refractivity contribution in [2.24, 2.45) is 0 Å². The zero-order valence-electron chi connectivity index (χ0n) is 13.7. The van der Waals surface area contributed by atoms with Gasteiger partial charge in [0, 0.05) is 17.4 Å². The summed E-state index contributed by atoms with van der Waals surface area (Å²) >= 11 is 0. The molecule has 0 bridgehead atoms. The number of carbonyl (C=O) groups excluding carboxylic acids is 2. The summed E-state index contributed by atoms with van der Waals surface area (Å²) < 4.78 is 5.17. The van der Waals surface area contributed by atoms with Crippen LogP contribution in [0.1, 0.15) is 32.2 Å². The highest BCUT2D eigenvalue weighted by atomic mass is 16.3. The second-order valence-corrected chi connectivity index (χ2v) is 5.51. The molecule has 1 aromatic carbocycles. The van der Waals surface area contributed by atoms with Crippen LogP contribution in [0, 0.1) is 6.92 Å². The van der Waals surface area contributed by atoms with Crippen molar-refractivity contribution in [2.75, 3.05) is 5.32 Å². The van der Waals surface area contributed by atoms with Crippen molar-refractivity contribution in [1.29, 1.82) is 0 Å². The Balaban J connectivity index is 1.66. The summed E-state index contributed by atoms with van der Waals surface area (Å²) in [7, 11) is 0. The van der Waals surface area contributed by atoms with E-state index in [0.717, 1.165) is 5.56 Å². The number of benzene rings is 1. The first-order valence-electron chi connectivity index (χ1n) is 7.76. The molecule has 126 valence electrons. The van der Waals surface area contributed by atoms with Gasteiger partial charge in [0.1, 0.15) is 11.5 Å². The molecule has 0 aliphatic heterocycles. The predicted molar refractivity (Wildman–Crippen MR) is 93.2 cm³/mol. The molecule has 0 saturated carbocycles. The van der Waals surface area contributed by atoms with Gasteiger partial charge in [-0.3, -0.25) is 14.6 Å². The second kappa shape index (κ2) is 7.44. The molecule has 3 rings (SSSR count). The largest absolute Gasteiger partial charge is 0.467 e. The Morgan fingerprint density at radius 3 is 2.60 bits per heavy atom. The number of pyridine rings is 1. The Morgan fingerprint density at radius 2 is 1.88 bits per heavy atom. The van der Waals surface area contributed by atoms with Crippen molar-refractivity contribution >= 4 is 17.5 Å². The van der Waals surface area contributed by atoms with Crippen LogP contribution >= 0.6 is 0 Å². The molecule has 6 heteroatoms. The lowest BCUT2D eigenvalue weighted by Crippen LogP contribution is -2.23. The Labute approximate surface area is 144 Å². The Kier molecular flexibility index (Phi) is 4.89. The summed E-state index contributed by atoms with van der Waals surface area (Å²) in [6, 6.07) is 14.0. The lowest BCUT2D eigenvalue weighted by Gasteiger charge is -2.07. The topological polar surface area (TPSA) is 84.2 Å². The first-order chi connectivity index (χ1) is 12.1. The molecule has 0 radical (unpaired) electrons. The molecule has 2 heterocycles. The number of aromatic nitrogens is 1. The number of nitrogens with one attached hydrogen (secondary N) is 2. The Hall–Kier alpha value is -3.41. The summed E-state index contributed by atoms with van der Waals surface area (Å²) in [5.41, 5.74) is 2.30. The Morgan fingerprint density at radius 1 is 1.08 bits per heavy atom. The van der Waals surface area contributed by atoms with Gasteiger partial charge in [0.15, 0.2) is 0 Å². The van der Waals surface area contributed by atoms with Gasteiger partial charge >= 0.3 is 0 Å². The molecule has 2 aromatic heterocycles. The van der Waals surface area contributed by atoms with Crippen LogP contribution in [0.5, 0.6) is 0 Å². The summed E-state index contributed by atoms with van der Waals surface area (Å²) in [6.07, 6.45) is 2.98. The minimum atomic E-state index is -0.371. The number of amides is 2. The minimum Gasteiger partial charge on any atom is -0.467 e. The van der Waals surface area contributed by atoms with E-state index in [-0.39, 0.29) is 24.1 Å². The highest BCUT2D eigenvalue weighted by Crippen LogP contribution is 2.11. The maximum Gasteiger partial charge on any atom is 0.274 e. The van der Waals surface area contributed by atoms with Crippen LogP contribution in [0.25, 0.3) is 0 Å². The highest BCUT2D eigenvalue weighted by Gasteiger charge is 2.12. The number of carbonyl (C=O) groups is 2. The molecule has 0 aliphatic carbocycles. The molecule has 0 unspecified atom stereocenters. The summed E-state index contributed by atoms with van der Waals surface area (Å²) in [6.45, 7) is 2.25. The number of hydrogen-bond acceptors (Lipinski definition) is 4. The minimum absolute atomic E-state index is 0.172. The molecule has 2 amide bonds. The van der Waals surface area contributed by atoms with Crippen LogP contribution in [-0.4, -0.2) is 16.8 Å². The van der Waals surface area contributed by atoms with E-state index in [4.69, 9.17) is 4.42 Å². The summed E-state index contributed by atoms with van der Waals surface area (Å²) in [5.74, 6) is -0.0209. The third kappa shape index (κ3) is 4.32. The number of furan rings is 1. The van der Waals surface area contributed by atoms with E-state index in [1.54, 1.807) is 24.5 Å². The van der Waals surface area contributed by atoms with Crippen LogP contribution < -0.4 is 10.6 Å². The molecule has 0 spiro atoms. The number of aryl methyl sites for hydroxylation is 1. The standard InChI is InChI=1S/C19H17N3O3/c1-13-4-6-15(7-5-13)22-19(24)17-11-14(8-9-20-17)18(23)21-12-16-3-2-10-25-16/h2-11H,12H2,1H3,(H,21,23)(H,22,24). The number of nitrogens with zero attached hydrogens (tertiary/aromatic N) is 1. The third-order valence-electron chi connectivity index (χ3n) is 3.57. The molecule has 25 heavy (non-hydrogen) atoms. The van der Waals surface area contributed by atoms with Crippen molar-refractivity contribution in [2.45, 2.75) is 13.5 Å². The molecular weight excluding hydrogens is 318 g/mol. The van der Waals surface area contributed by atoms with Gasteiger partial charge in [-0.1, -0.05) is 17.7 Å². The Bertz CT molecular complexity index is 871. The zero-order valence-corrected chi connectivity index (χ0v) is 13.7. The van der Waals surface area contributed by atoms with Gasteiger partial charge in [0.25, 0.3) is 11.8 Å². The molecule has 0 atom stereocenters. The van der Waals surface area contributed by atoms with Gasteiger partial charge in [-0.15, -0.1) is 0 Å². The number of hydrogen-bond donors (Lipinski definition) is 2. The maximum absolute atomic E-state index is 12.3. The van der Waals surface area contributed by atoms with Crippen molar-refractivity contribution in [1.82, 2.24) is 10.3 Å². The quantitative estimate of drug-likeness (QED) is 0.750. The number of anilines is 1. The molecule has 0 saturated heterocycles. The van der Waals surface area contributed by atoms with E-state index in [2.05, 4.69) is 15.6 Å². The predicted octanol–water partition coefficient (Wildman–Crippen LogP) is 3.17. The monoisotopic (exact) mass is 335 g/mol. The molecule has 2 N–H and O–H groups in total. The van der Waals surface area contributed by atoms with Gasteiger partial charge < -0.3 is 15.1 Å². The lowest BCUT2D eigenvalue weighted by atomic mass is 10.2. The van der Waals surface area contributed by atoms with E-state index < -0.39 is 0 Å². The average Bonchev–Trinajstić information content (AvgIpc) is 3.15. The van der Waals surface area contributed by atoms with E-state index in [9.17, 15) is 9.59 Å². The molecule has 3 aromatic rings. The normalized spacial score (nSPS) is 10.3. The maximum atomic E-state index is 12.3. The SMILES string of the molecule is Cc1ccc(NC(=O)c2cc(C(=O)NCc3ccco3)ccn2)cc1. The van der Waals surface area contributed by atoms with E-state index >= 15 is 0 Å². The van der Waals surface area contributed by atoms with Crippen LogP contribution in [0.4, 0.5) is 5.69 Å². The van der Waals surface area contributed by atoms with Crippen LogP contribution in [-0.2, 0) is 6.54 Å². The molecular formula is C19H17N3O3. The second-order valence-electron chi connectivity index (χ2n) is 5.51. The van der Waals surface area contributed by atoms with Crippen molar-refractivity contribution in [3.05, 3.63) is 83.6 Å². The van der Waals surface area contributed by atoms with E-state index in [1.807, 2.05) is 31.2 Å². The number of rotatable bonds is 5. The average molecular weight is 335 g/mol. The highest BCUT2D eigenvalue weighted by molar-refractivity contribution is 6.04. The molecule has 0 aliphatic rings. The van der Waals surface area contributed by atoms with Crippen LogP contribution in [0.15, 0.2) is 65.4 Å². The van der Waals surface area contributed by atoms with Crippen molar-refractivity contribution < 1.29 is 14.0 Å². The van der Waals surface area contributed by atoms with Gasteiger partial charge in [0.2, 0.25) is 0 Å². The van der Waals surface area contributed by atoms with E-state index in [1.165, 1.54) is 12.3 Å². The fourth-order valence-corrected chi connectivity index (χ4v) is 2.21. The van der Waals surface area contributed by atoms with Crippen LogP contribution in [0.2, 0.25) is 0 Å². The third-order valence-corrected chi connectivity index (χ3v) is 3.57. The fourth-order valence-electron chi connectivity index (χ4n) is 2.21. The zero-order chi connectivity index (χ0) is 17.6. The van der Waals surface area contributed by atoms with Crippen molar-refractivity contribution in [3.63, 3.8) is 0 Å². The molecule has 6 nitrogen and oxygen atoms in total. The lowest BCUT2D eigenvalue weighted by molar-refractivity contribution is 0.0948. The van der Waals surface area contributed by atoms with Gasteiger partial charge in [-0.25, -0.2) is 0 Å². The summed E-state index contributed by atoms with van der Waals surface area (Å²) in [5, 5.41) is 5.49. The van der Waals surface area contributed by atoms with Gasteiger partial charge in [-0.2, -0.15) is 0 Å².